The molecule has 0 aliphatic carbocycles. The van der Waals surface area contributed by atoms with Gasteiger partial charge in [-0.2, -0.15) is 0 Å². The maximum Gasteiger partial charge on any atom is 0.173 e. The van der Waals surface area contributed by atoms with Crippen molar-refractivity contribution in [1.82, 2.24) is 5.16 Å². The molecule has 0 radical (unpaired) electrons. The van der Waals surface area contributed by atoms with Crippen molar-refractivity contribution < 1.29 is 9.63 Å². The summed E-state index contributed by atoms with van der Waals surface area (Å²) in [5.74, 6) is 0. The first-order chi connectivity index (χ1) is 6.50. The Morgan fingerprint density at radius 2 is 2.07 bits per heavy atom. The summed E-state index contributed by atoms with van der Waals surface area (Å²) in [7, 11) is 0. The van der Waals surface area contributed by atoms with Gasteiger partial charge in [0.05, 0.1) is 11.3 Å². The van der Waals surface area contributed by atoms with Crippen molar-refractivity contribution in [3.05, 3.63) is 29.5 Å². The van der Waals surface area contributed by atoms with E-state index in [0.29, 0.717) is 5.58 Å². The van der Waals surface area contributed by atoms with E-state index in [1.807, 2.05) is 25.1 Å². The molecule has 0 spiro atoms. The van der Waals surface area contributed by atoms with E-state index >= 15 is 0 Å². The van der Waals surface area contributed by atoms with Crippen LogP contribution < -0.4 is 0 Å². The number of nitrogens with zero attached hydrogens (tertiary/aromatic N) is 1. The molecule has 1 heterocycles. The van der Waals surface area contributed by atoms with Gasteiger partial charge >= 0.3 is 0 Å². The van der Waals surface area contributed by atoms with E-state index < -0.39 is 5.60 Å². The lowest BCUT2D eigenvalue weighted by atomic mass is 9.96. The first-order valence-corrected chi connectivity index (χ1v) is 4.58. The van der Waals surface area contributed by atoms with E-state index in [9.17, 15) is 5.11 Å². The van der Waals surface area contributed by atoms with Crippen molar-refractivity contribution in [3.8, 4) is 0 Å². The lowest BCUT2D eigenvalue weighted by Gasteiger charge is -2.16. The summed E-state index contributed by atoms with van der Waals surface area (Å²) in [6, 6.07) is 5.70. The highest BCUT2D eigenvalue weighted by molar-refractivity contribution is 5.82. The third-order valence-electron chi connectivity index (χ3n) is 2.34. The highest BCUT2D eigenvalue weighted by Crippen LogP contribution is 2.29. The molecule has 0 atom stereocenters. The van der Waals surface area contributed by atoms with Crippen LogP contribution in [0.25, 0.3) is 11.0 Å². The summed E-state index contributed by atoms with van der Waals surface area (Å²) < 4.78 is 5.20. The Balaban J connectivity index is 2.79. The molecule has 1 N–H and O–H groups in total. The largest absolute Gasteiger partial charge is 0.386 e. The summed E-state index contributed by atoms with van der Waals surface area (Å²) in [6.07, 6.45) is 0. The quantitative estimate of drug-likeness (QED) is 0.752. The Morgan fingerprint density at radius 1 is 1.36 bits per heavy atom. The molecule has 1 aromatic carbocycles. The fourth-order valence-electron chi connectivity index (χ4n) is 1.57. The molecule has 0 saturated carbocycles. The summed E-state index contributed by atoms with van der Waals surface area (Å²) >= 11 is 0. The fraction of sp³-hybridized carbons (Fsp3) is 0.364. The molecular formula is C11H13NO2. The highest BCUT2D eigenvalue weighted by Gasteiger charge is 2.21. The molecule has 0 aliphatic heterocycles. The molecule has 14 heavy (non-hydrogen) atoms. The average molecular weight is 191 g/mol. The van der Waals surface area contributed by atoms with Gasteiger partial charge in [0.15, 0.2) is 5.58 Å². The second-order valence-electron chi connectivity index (χ2n) is 4.01. The lowest BCUT2D eigenvalue weighted by Crippen LogP contribution is -2.15. The Kier molecular flexibility index (Phi) is 1.86. The summed E-state index contributed by atoms with van der Waals surface area (Å²) in [6.45, 7) is 5.36. The number of hydrogen-bond acceptors (Lipinski definition) is 3. The first-order valence-electron chi connectivity index (χ1n) is 4.58. The van der Waals surface area contributed by atoms with Crippen molar-refractivity contribution >= 4 is 11.0 Å². The van der Waals surface area contributed by atoms with Crippen LogP contribution in [0.4, 0.5) is 0 Å². The van der Waals surface area contributed by atoms with Crippen LogP contribution in [0, 0.1) is 6.92 Å². The molecule has 0 bridgehead atoms. The maximum absolute atomic E-state index is 9.91. The number of para-hydroxylation sites is 1. The number of hydrogen-bond donors (Lipinski definition) is 1. The molecule has 0 aliphatic rings. The van der Waals surface area contributed by atoms with Gasteiger partial charge in [0.2, 0.25) is 0 Å². The van der Waals surface area contributed by atoms with Crippen LogP contribution in [-0.2, 0) is 5.60 Å². The Labute approximate surface area is 82.3 Å². The van der Waals surface area contributed by atoms with Crippen molar-refractivity contribution in [2.75, 3.05) is 0 Å². The van der Waals surface area contributed by atoms with Crippen molar-refractivity contribution in [1.29, 1.82) is 0 Å². The highest BCUT2D eigenvalue weighted by atomic mass is 16.5. The Morgan fingerprint density at radius 3 is 2.71 bits per heavy atom. The molecule has 0 unspecified atom stereocenters. The zero-order valence-electron chi connectivity index (χ0n) is 8.53. The van der Waals surface area contributed by atoms with Gasteiger partial charge in [-0.3, -0.25) is 0 Å². The Bertz CT molecular complexity index is 466. The second-order valence-corrected chi connectivity index (χ2v) is 4.01. The van der Waals surface area contributed by atoms with Gasteiger partial charge in [0.25, 0.3) is 0 Å². The monoisotopic (exact) mass is 191 g/mol. The minimum absolute atomic E-state index is 0.678. The van der Waals surface area contributed by atoms with Gasteiger partial charge in [0, 0.05) is 10.9 Å². The molecular weight excluding hydrogens is 178 g/mol. The van der Waals surface area contributed by atoms with Gasteiger partial charge in [-0.05, 0) is 26.8 Å². The van der Waals surface area contributed by atoms with Crippen LogP contribution in [0.2, 0.25) is 0 Å². The molecule has 2 rings (SSSR count). The zero-order valence-corrected chi connectivity index (χ0v) is 8.53. The number of aliphatic hydroxyl groups is 1. The molecule has 2 aromatic rings. The van der Waals surface area contributed by atoms with E-state index in [1.165, 1.54) is 0 Å². The lowest BCUT2D eigenvalue weighted by molar-refractivity contribution is 0.0788. The third kappa shape index (κ3) is 1.30. The number of fused-ring (bicyclic) bond motifs is 1. The SMILES string of the molecule is Cc1noc2c(C(C)(C)O)cccc12. The molecule has 3 nitrogen and oxygen atoms in total. The number of benzene rings is 1. The topological polar surface area (TPSA) is 46.3 Å². The molecule has 1 aromatic heterocycles. The van der Waals surface area contributed by atoms with Crippen molar-refractivity contribution in [2.45, 2.75) is 26.4 Å². The van der Waals surface area contributed by atoms with Gasteiger partial charge < -0.3 is 9.63 Å². The first kappa shape index (κ1) is 9.21. The second kappa shape index (κ2) is 2.82. The Hall–Kier alpha value is -1.35. The molecule has 3 heteroatoms. The number of aromatic nitrogens is 1. The summed E-state index contributed by atoms with van der Waals surface area (Å²) in [4.78, 5) is 0. The van der Waals surface area contributed by atoms with Gasteiger partial charge in [-0.15, -0.1) is 0 Å². The molecule has 0 fully saturated rings. The normalized spacial score (nSPS) is 12.3. The van der Waals surface area contributed by atoms with Crippen LogP contribution in [-0.4, -0.2) is 10.3 Å². The molecule has 74 valence electrons. The maximum atomic E-state index is 9.91. The third-order valence-corrected chi connectivity index (χ3v) is 2.34. The van der Waals surface area contributed by atoms with Crippen LogP contribution in [0.5, 0.6) is 0 Å². The van der Waals surface area contributed by atoms with Crippen LogP contribution in [0.1, 0.15) is 25.1 Å². The van der Waals surface area contributed by atoms with Gasteiger partial charge in [-0.25, -0.2) is 0 Å². The van der Waals surface area contributed by atoms with Crippen LogP contribution in [0.3, 0.4) is 0 Å². The fourth-order valence-corrected chi connectivity index (χ4v) is 1.57. The minimum atomic E-state index is -0.897. The predicted octanol–water partition coefficient (Wildman–Crippen LogP) is 2.36. The van der Waals surface area contributed by atoms with E-state index in [0.717, 1.165) is 16.6 Å². The summed E-state index contributed by atoms with van der Waals surface area (Å²) in [5.41, 5.74) is 1.41. The van der Waals surface area contributed by atoms with Gasteiger partial charge in [0.1, 0.15) is 0 Å². The van der Waals surface area contributed by atoms with Crippen molar-refractivity contribution in [3.63, 3.8) is 0 Å². The average Bonchev–Trinajstić information content (AvgIpc) is 2.46. The smallest absolute Gasteiger partial charge is 0.173 e. The van der Waals surface area contributed by atoms with Crippen LogP contribution >= 0.6 is 0 Å². The zero-order chi connectivity index (χ0) is 10.3. The van der Waals surface area contributed by atoms with E-state index in [2.05, 4.69) is 5.16 Å². The van der Waals surface area contributed by atoms with E-state index in [1.54, 1.807) is 13.8 Å². The summed E-state index contributed by atoms with van der Waals surface area (Å²) in [5, 5.41) is 14.8. The van der Waals surface area contributed by atoms with Crippen molar-refractivity contribution in [2.24, 2.45) is 0 Å². The molecule has 0 amide bonds. The van der Waals surface area contributed by atoms with E-state index in [-0.39, 0.29) is 0 Å². The van der Waals surface area contributed by atoms with Gasteiger partial charge in [-0.1, -0.05) is 17.3 Å². The number of aryl methyl sites for hydroxylation is 1. The van der Waals surface area contributed by atoms with E-state index in [4.69, 9.17) is 4.52 Å². The predicted molar refractivity (Wildman–Crippen MR) is 54.0 cm³/mol. The number of rotatable bonds is 1. The standard InChI is InChI=1S/C11H13NO2/c1-7-8-5-4-6-9(11(2,3)13)10(8)14-12-7/h4-6,13H,1-3H3. The minimum Gasteiger partial charge on any atom is -0.386 e. The molecule has 0 saturated heterocycles. The van der Waals surface area contributed by atoms with Crippen LogP contribution in [0.15, 0.2) is 22.7 Å².